The van der Waals surface area contributed by atoms with Crippen LogP contribution in [-0.4, -0.2) is 60.0 Å². The summed E-state index contributed by atoms with van der Waals surface area (Å²) in [5.74, 6) is -0.0604. The number of nitrogens with zero attached hydrogens (tertiary/aromatic N) is 3. The Labute approximate surface area is 157 Å². The van der Waals surface area contributed by atoms with Gasteiger partial charge in [-0.1, -0.05) is 6.07 Å². The summed E-state index contributed by atoms with van der Waals surface area (Å²) >= 11 is 1.37. The Bertz CT molecular complexity index is 619. The van der Waals surface area contributed by atoms with Crippen molar-refractivity contribution in [3.05, 3.63) is 35.5 Å². The number of amides is 1. The van der Waals surface area contributed by atoms with Gasteiger partial charge < -0.3 is 10.6 Å². The van der Waals surface area contributed by atoms with E-state index >= 15 is 0 Å². The second-order valence-corrected chi connectivity index (χ2v) is 6.12. The van der Waals surface area contributed by atoms with Crippen molar-refractivity contribution in [1.82, 2.24) is 25.5 Å². The van der Waals surface area contributed by atoms with Gasteiger partial charge in [0, 0.05) is 45.5 Å². The van der Waals surface area contributed by atoms with E-state index in [9.17, 15) is 4.79 Å². The number of aromatic nitrogens is 2. The van der Waals surface area contributed by atoms with E-state index in [4.69, 9.17) is 0 Å². The van der Waals surface area contributed by atoms with Gasteiger partial charge in [0.25, 0.3) is 5.91 Å². The number of carbonyl (C=O) groups excluding carboxylic acids is 1. The molecule has 0 atom stereocenters. The largest absolute Gasteiger partial charge is 0.350 e. The third-order valence-electron chi connectivity index (χ3n) is 3.54. The molecule has 3 rings (SSSR count). The molecule has 1 aliphatic rings. The zero-order chi connectivity index (χ0) is 15.2. The predicted molar refractivity (Wildman–Crippen MR) is 101 cm³/mol. The highest BCUT2D eigenvalue weighted by Gasteiger charge is 2.13. The van der Waals surface area contributed by atoms with Crippen molar-refractivity contribution in [2.24, 2.45) is 0 Å². The Morgan fingerprint density at radius 2 is 2.04 bits per heavy atom. The van der Waals surface area contributed by atoms with Crippen LogP contribution in [0, 0.1) is 0 Å². The lowest BCUT2D eigenvalue weighted by atomic mass is 10.3. The van der Waals surface area contributed by atoms with Gasteiger partial charge in [0.2, 0.25) is 0 Å². The first kappa shape index (κ1) is 20.8. The van der Waals surface area contributed by atoms with Crippen LogP contribution in [0.25, 0.3) is 10.7 Å². The minimum atomic E-state index is -0.0604. The quantitative estimate of drug-likeness (QED) is 0.813. The summed E-state index contributed by atoms with van der Waals surface area (Å²) in [5.41, 5.74) is 0.798. The van der Waals surface area contributed by atoms with E-state index < -0.39 is 0 Å². The maximum atomic E-state index is 12.1. The lowest BCUT2D eigenvalue weighted by Gasteiger charge is -2.26. The Kier molecular flexibility index (Phi) is 9.17. The minimum Gasteiger partial charge on any atom is -0.350 e. The van der Waals surface area contributed by atoms with Gasteiger partial charge in [-0.3, -0.25) is 14.7 Å². The molecule has 2 aromatic heterocycles. The van der Waals surface area contributed by atoms with Crippen molar-refractivity contribution in [3.8, 4) is 10.7 Å². The fourth-order valence-corrected chi connectivity index (χ4v) is 3.15. The smallest absolute Gasteiger partial charge is 0.263 e. The molecule has 1 amide bonds. The standard InChI is InChI=1S/C15H19N5OS.2ClH/c21-14(18-7-10-20-8-5-16-6-9-20)13-11-19-15(22-13)12-3-1-2-4-17-12;;/h1-4,11,16H,5-10H2,(H,18,21);2*1H. The topological polar surface area (TPSA) is 70.2 Å². The third-order valence-corrected chi connectivity index (χ3v) is 4.56. The van der Waals surface area contributed by atoms with E-state index in [-0.39, 0.29) is 30.7 Å². The number of carbonyl (C=O) groups is 1. The molecule has 132 valence electrons. The average molecular weight is 390 g/mol. The van der Waals surface area contributed by atoms with Crippen LogP contribution in [0.15, 0.2) is 30.6 Å². The van der Waals surface area contributed by atoms with Crippen molar-refractivity contribution in [2.75, 3.05) is 39.3 Å². The van der Waals surface area contributed by atoms with Crippen LogP contribution < -0.4 is 10.6 Å². The first-order valence-corrected chi connectivity index (χ1v) is 8.23. The molecule has 2 N–H and O–H groups in total. The molecule has 0 saturated carbocycles. The zero-order valence-electron chi connectivity index (χ0n) is 13.1. The lowest BCUT2D eigenvalue weighted by Crippen LogP contribution is -2.46. The highest BCUT2D eigenvalue weighted by molar-refractivity contribution is 7.16. The number of piperazine rings is 1. The average Bonchev–Trinajstić information content (AvgIpc) is 3.07. The molecule has 6 nitrogen and oxygen atoms in total. The van der Waals surface area contributed by atoms with Crippen molar-refractivity contribution >= 4 is 42.1 Å². The molecule has 0 spiro atoms. The molecule has 1 aliphatic heterocycles. The van der Waals surface area contributed by atoms with Crippen LogP contribution in [0.5, 0.6) is 0 Å². The van der Waals surface area contributed by atoms with Crippen LogP contribution in [0.2, 0.25) is 0 Å². The fourth-order valence-electron chi connectivity index (χ4n) is 2.34. The van der Waals surface area contributed by atoms with Crippen molar-refractivity contribution < 1.29 is 4.79 Å². The van der Waals surface area contributed by atoms with Crippen LogP contribution in [0.1, 0.15) is 9.67 Å². The van der Waals surface area contributed by atoms with Crippen LogP contribution in [0.4, 0.5) is 0 Å². The second-order valence-electron chi connectivity index (χ2n) is 5.09. The Hall–Kier alpha value is -1.25. The number of halogens is 2. The van der Waals surface area contributed by atoms with Gasteiger partial charge in [-0.25, -0.2) is 4.98 Å². The van der Waals surface area contributed by atoms with Gasteiger partial charge in [-0.15, -0.1) is 36.2 Å². The molecule has 1 saturated heterocycles. The molecule has 9 heteroatoms. The Morgan fingerprint density at radius 3 is 2.75 bits per heavy atom. The molecule has 1 fully saturated rings. The molecule has 24 heavy (non-hydrogen) atoms. The Morgan fingerprint density at radius 1 is 1.25 bits per heavy atom. The van der Waals surface area contributed by atoms with Gasteiger partial charge in [0.15, 0.2) is 0 Å². The molecule has 0 bridgehead atoms. The molecule has 0 unspecified atom stereocenters. The lowest BCUT2D eigenvalue weighted by molar-refractivity contribution is 0.0951. The fraction of sp³-hybridized carbons (Fsp3) is 0.400. The normalized spacial score (nSPS) is 14.3. The second kappa shape index (κ2) is 10.6. The molecule has 0 radical (unpaired) electrons. The molecule has 3 heterocycles. The number of thiazole rings is 1. The summed E-state index contributed by atoms with van der Waals surface area (Å²) in [4.78, 5) is 23.6. The highest BCUT2D eigenvalue weighted by atomic mass is 35.5. The van der Waals surface area contributed by atoms with Gasteiger partial charge >= 0.3 is 0 Å². The summed E-state index contributed by atoms with van der Waals surface area (Å²) in [5, 5.41) is 7.05. The number of pyridine rings is 1. The summed E-state index contributed by atoms with van der Waals surface area (Å²) in [6, 6.07) is 5.67. The third kappa shape index (κ3) is 5.68. The predicted octanol–water partition coefficient (Wildman–Crippen LogP) is 1.68. The number of hydrogen-bond donors (Lipinski definition) is 2. The molecule has 0 aliphatic carbocycles. The molecule has 0 aromatic carbocycles. The maximum absolute atomic E-state index is 12.1. The first-order chi connectivity index (χ1) is 10.8. The molecular weight excluding hydrogens is 369 g/mol. The molecular formula is C15H21Cl2N5OS. The summed E-state index contributed by atoms with van der Waals surface area (Å²) in [6.07, 6.45) is 3.35. The van der Waals surface area contributed by atoms with Crippen molar-refractivity contribution in [3.63, 3.8) is 0 Å². The van der Waals surface area contributed by atoms with E-state index in [2.05, 4.69) is 25.5 Å². The van der Waals surface area contributed by atoms with Crippen molar-refractivity contribution in [1.29, 1.82) is 0 Å². The van der Waals surface area contributed by atoms with Crippen LogP contribution in [0.3, 0.4) is 0 Å². The van der Waals surface area contributed by atoms with Gasteiger partial charge in [-0.2, -0.15) is 0 Å². The van der Waals surface area contributed by atoms with E-state index in [1.54, 1.807) is 12.4 Å². The molecule has 2 aromatic rings. The van der Waals surface area contributed by atoms with Gasteiger partial charge in [0.1, 0.15) is 9.88 Å². The number of hydrogen-bond acceptors (Lipinski definition) is 6. The van der Waals surface area contributed by atoms with Crippen molar-refractivity contribution in [2.45, 2.75) is 0 Å². The highest BCUT2D eigenvalue weighted by Crippen LogP contribution is 2.22. The summed E-state index contributed by atoms with van der Waals surface area (Å²) < 4.78 is 0. The summed E-state index contributed by atoms with van der Waals surface area (Å²) in [6.45, 7) is 5.68. The monoisotopic (exact) mass is 389 g/mol. The van der Waals surface area contributed by atoms with E-state index in [1.165, 1.54) is 11.3 Å². The summed E-state index contributed by atoms with van der Waals surface area (Å²) in [7, 11) is 0. The maximum Gasteiger partial charge on any atom is 0.263 e. The van der Waals surface area contributed by atoms with E-state index in [0.717, 1.165) is 43.4 Å². The van der Waals surface area contributed by atoms with Crippen LogP contribution >= 0.6 is 36.2 Å². The number of nitrogens with one attached hydrogen (secondary N) is 2. The minimum absolute atomic E-state index is 0. The Balaban J connectivity index is 0.00000144. The zero-order valence-corrected chi connectivity index (χ0v) is 15.6. The SMILES string of the molecule is Cl.Cl.O=C(NCCN1CCNCC1)c1cnc(-c2ccccn2)s1. The van der Waals surface area contributed by atoms with Gasteiger partial charge in [-0.05, 0) is 12.1 Å². The van der Waals surface area contributed by atoms with Gasteiger partial charge in [0.05, 0.1) is 11.9 Å². The first-order valence-electron chi connectivity index (χ1n) is 7.41. The van der Waals surface area contributed by atoms with E-state index in [1.807, 2.05) is 18.2 Å². The number of rotatable bonds is 5. The van der Waals surface area contributed by atoms with Crippen LogP contribution in [-0.2, 0) is 0 Å². The van der Waals surface area contributed by atoms with E-state index in [0.29, 0.717) is 11.4 Å².